The van der Waals surface area contributed by atoms with Gasteiger partial charge in [0, 0.05) is 24.5 Å². The summed E-state index contributed by atoms with van der Waals surface area (Å²) in [6.07, 6.45) is -2.22. The first-order valence-corrected chi connectivity index (χ1v) is 9.99. The normalized spacial score (nSPS) is 17.9. The van der Waals surface area contributed by atoms with Gasteiger partial charge in [0.1, 0.15) is 11.4 Å². The minimum atomic E-state index is -4.69. The zero-order chi connectivity index (χ0) is 20.4. The summed E-state index contributed by atoms with van der Waals surface area (Å²) in [5.41, 5.74) is -0.971. The van der Waals surface area contributed by atoms with Gasteiger partial charge in [0.2, 0.25) is 16.0 Å². The number of piperidine rings is 1. The van der Waals surface area contributed by atoms with Gasteiger partial charge in [-0.2, -0.15) is 18.2 Å². The molecule has 1 saturated heterocycles. The van der Waals surface area contributed by atoms with Crippen molar-refractivity contribution < 1.29 is 21.6 Å². The van der Waals surface area contributed by atoms with E-state index in [0.29, 0.717) is 12.7 Å². The molecule has 2 heterocycles. The van der Waals surface area contributed by atoms with Gasteiger partial charge >= 0.3 is 6.18 Å². The van der Waals surface area contributed by atoms with E-state index in [-0.39, 0.29) is 22.6 Å². The van der Waals surface area contributed by atoms with Crippen molar-refractivity contribution >= 4 is 27.5 Å². The number of nitrogens with two attached hydrogens (primary N) is 1. The Kier molecular flexibility index (Phi) is 5.72. The van der Waals surface area contributed by atoms with Gasteiger partial charge in [-0.3, -0.25) is 0 Å². The van der Waals surface area contributed by atoms with Gasteiger partial charge < -0.3 is 16.0 Å². The number of benzene rings is 1. The van der Waals surface area contributed by atoms with E-state index in [4.69, 9.17) is 5.14 Å². The van der Waals surface area contributed by atoms with Crippen molar-refractivity contribution in [2.24, 2.45) is 5.14 Å². The van der Waals surface area contributed by atoms with E-state index >= 15 is 0 Å². The van der Waals surface area contributed by atoms with Crippen molar-refractivity contribution in [2.75, 3.05) is 23.7 Å². The number of nitrogens with zero attached hydrogens (tertiary/aromatic N) is 2. The molecule has 0 amide bonds. The Morgan fingerprint density at radius 1 is 1.29 bits per heavy atom. The lowest BCUT2D eigenvalue weighted by Gasteiger charge is -2.24. The van der Waals surface area contributed by atoms with Crippen molar-refractivity contribution in [2.45, 2.75) is 30.0 Å². The Hall–Kier alpha value is -2.44. The van der Waals surface area contributed by atoms with Gasteiger partial charge in [-0.05, 0) is 37.6 Å². The fourth-order valence-electron chi connectivity index (χ4n) is 2.80. The summed E-state index contributed by atoms with van der Waals surface area (Å²) < 4.78 is 63.0. The third-order valence-corrected chi connectivity index (χ3v) is 5.06. The van der Waals surface area contributed by atoms with Gasteiger partial charge in [-0.25, -0.2) is 18.5 Å². The van der Waals surface area contributed by atoms with Crippen LogP contribution >= 0.6 is 0 Å². The van der Waals surface area contributed by atoms with Crippen LogP contribution in [0.3, 0.4) is 0 Å². The Labute approximate surface area is 159 Å². The Morgan fingerprint density at radius 2 is 2.07 bits per heavy atom. The van der Waals surface area contributed by atoms with Gasteiger partial charge in [-0.15, -0.1) is 0 Å². The predicted molar refractivity (Wildman–Crippen MR) is 97.6 cm³/mol. The molecule has 0 radical (unpaired) electrons. The largest absolute Gasteiger partial charge is 0.421 e. The second-order valence-corrected chi connectivity index (χ2v) is 7.90. The highest BCUT2D eigenvalue weighted by atomic mass is 32.2. The van der Waals surface area contributed by atoms with Crippen LogP contribution in [0.2, 0.25) is 0 Å². The topological polar surface area (TPSA) is 122 Å². The van der Waals surface area contributed by atoms with E-state index in [9.17, 15) is 21.6 Å². The molecule has 2 aromatic rings. The molecule has 12 heteroatoms. The van der Waals surface area contributed by atoms with Crippen molar-refractivity contribution in [3.63, 3.8) is 0 Å². The monoisotopic (exact) mass is 416 g/mol. The Balaban J connectivity index is 1.91. The number of halogens is 3. The van der Waals surface area contributed by atoms with Crippen molar-refractivity contribution in [3.8, 4) is 0 Å². The fourth-order valence-corrected chi connectivity index (χ4v) is 3.36. The molecular weight excluding hydrogens is 397 g/mol. The molecule has 0 bridgehead atoms. The molecule has 0 aliphatic carbocycles. The zero-order valence-corrected chi connectivity index (χ0v) is 15.4. The van der Waals surface area contributed by atoms with Crippen molar-refractivity contribution in [3.05, 3.63) is 36.0 Å². The molecule has 1 fully saturated rings. The molecule has 152 valence electrons. The average Bonchev–Trinajstić information content (AvgIpc) is 2.61. The first-order valence-electron chi connectivity index (χ1n) is 8.44. The summed E-state index contributed by atoms with van der Waals surface area (Å²) in [6, 6.07) is 5.16. The molecule has 1 aliphatic heterocycles. The molecule has 0 spiro atoms. The maximum Gasteiger partial charge on any atom is 0.421 e. The van der Waals surface area contributed by atoms with E-state index < -0.39 is 27.6 Å². The lowest BCUT2D eigenvalue weighted by atomic mass is 10.1. The highest BCUT2D eigenvalue weighted by molar-refractivity contribution is 7.89. The number of hydrogen-bond acceptors (Lipinski definition) is 7. The number of primary sulfonamides is 1. The van der Waals surface area contributed by atoms with E-state index in [1.54, 1.807) is 0 Å². The van der Waals surface area contributed by atoms with Gasteiger partial charge in [-0.1, -0.05) is 6.07 Å². The maximum atomic E-state index is 13.3. The second kappa shape index (κ2) is 7.89. The molecule has 1 aromatic carbocycles. The average molecular weight is 416 g/mol. The van der Waals surface area contributed by atoms with Crippen LogP contribution in [-0.2, 0) is 16.2 Å². The van der Waals surface area contributed by atoms with Gasteiger partial charge in [0.15, 0.2) is 0 Å². The highest BCUT2D eigenvalue weighted by Crippen LogP contribution is 2.35. The number of sulfonamides is 1. The quantitative estimate of drug-likeness (QED) is 0.588. The molecular formula is C16H19F3N6O2S. The minimum absolute atomic E-state index is 0.00375. The molecule has 3 rings (SSSR count). The third-order valence-electron chi connectivity index (χ3n) is 4.15. The molecule has 1 aliphatic rings. The van der Waals surface area contributed by atoms with Crippen molar-refractivity contribution in [1.29, 1.82) is 0 Å². The number of nitrogens with one attached hydrogen (secondary N) is 3. The Bertz CT molecular complexity index is 946. The summed E-state index contributed by atoms with van der Waals surface area (Å²) >= 11 is 0. The van der Waals surface area contributed by atoms with E-state index in [0.717, 1.165) is 25.5 Å². The number of hydrogen-bond donors (Lipinski definition) is 4. The van der Waals surface area contributed by atoms with E-state index in [1.807, 2.05) is 0 Å². The standard InChI is InChI=1S/C16H19F3N6O2S/c17-16(18,19)13-9-22-15(24-11-4-2-6-21-8-11)25-14(13)23-10-3-1-5-12(7-10)28(20,26)27/h1,3,5,7,9,11,21H,2,4,6,8H2,(H2,20,26,27)(H2,22,23,24,25). The molecule has 5 N–H and O–H groups in total. The minimum Gasteiger partial charge on any atom is -0.350 e. The molecule has 8 nitrogen and oxygen atoms in total. The molecule has 1 aromatic heterocycles. The summed E-state index contributed by atoms with van der Waals surface area (Å²) in [4.78, 5) is 7.50. The van der Waals surface area contributed by atoms with Crippen LogP contribution in [0.4, 0.5) is 30.6 Å². The highest BCUT2D eigenvalue weighted by Gasteiger charge is 2.35. The first kappa shape index (κ1) is 20.3. The summed E-state index contributed by atoms with van der Waals surface area (Å²) in [7, 11) is -4.00. The van der Waals surface area contributed by atoms with Gasteiger partial charge in [0.25, 0.3) is 0 Å². The fraction of sp³-hybridized carbons (Fsp3) is 0.375. The van der Waals surface area contributed by atoms with E-state index in [1.165, 1.54) is 18.2 Å². The van der Waals surface area contributed by atoms with Gasteiger partial charge in [0.05, 0.1) is 4.90 Å². The molecule has 0 saturated carbocycles. The van der Waals surface area contributed by atoms with Crippen LogP contribution in [0.5, 0.6) is 0 Å². The van der Waals surface area contributed by atoms with Crippen LogP contribution in [0, 0.1) is 0 Å². The first-order chi connectivity index (χ1) is 13.1. The molecule has 1 unspecified atom stereocenters. The van der Waals surface area contributed by atoms with Crippen LogP contribution in [0.1, 0.15) is 18.4 Å². The number of rotatable bonds is 5. The van der Waals surface area contributed by atoms with Crippen LogP contribution in [0.15, 0.2) is 35.4 Å². The zero-order valence-electron chi connectivity index (χ0n) is 14.6. The van der Waals surface area contributed by atoms with Crippen LogP contribution in [0.25, 0.3) is 0 Å². The summed E-state index contributed by atoms with van der Waals surface area (Å²) in [5, 5.41) is 13.8. The van der Waals surface area contributed by atoms with Crippen molar-refractivity contribution in [1.82, 2.24) is 15.3 Å². The summed E-state index contributed by atoms with van der Waals surface area (Å²) in [6.45, 7) is 1.54. The molecule has 28 heavy (non-hydrogen) atoms. The maximum absolute atomic E-state index is 13.3. The second-order valence-electron chi connectivity index (χ2n) is 6.34. The lowest BCUT2D eigenvalue weighted by Crippen LogP contribution is -2.38. The van der Waals surface area contributed by atoms with E-state index in [2.05, 4.69) is 25.9 Å². The number of anilines is 3. The van der Waals surface area contributed by atoms with Crippen LogP contribution < -0.4 is 21.1 Å². The molecule has 1 atom stereocenters. The number of aromatic nitrogens is 2. The number of alkyl halides is 3. The smallest absolute Gasteiger partial charge is 0.350 e. The Morgan fingerprint density at radius 3 is 2.71 bits per heavy atom. The predicted octanol–water partition coefficient (Wildman–Crippen LogP) is 2.05. The lowest BCUT2D eigenvalue weighted by molar-refractivity contribution is -0.137. The van der Waals surface area contributed by atoms with Crippen LogP contribution in [-0.4, -0.2) is 37.5 Å². The SMILES string of the molecule is NS(=O)(=O)c1cccc(Nc2nc(NC3CCCNC3)ncc2C(F)(F)F)c1. The third kappa shape index (κ3) is 5.09. The summed E-state index contributed by atoms with van der Waals surface area (Å²) in [5.74, 6) is -0.438.